The van der Waals surface area contributed by atoms with Crippen molar-refractivity contribution in [1.82, 2.24) is 20.2 Å². The van der Waals surface area contributed by atoms with Crippen LogP contribution >= 0.6 is 11.6 Å². The van der Waals surface area contributed by atoms with Gasteiger partial charge in [0.1, 0.15) is 0 Å². The molecular formula is C9H15ClN4O. The maximum Gasteiger partial charge on any atom is 0.166 e. The third-order valence-corrected chi connectivity index (χ3v) is 2.94. The van der Waals surface area contributed by atoms with E-state index in [1.165, 1.54) is 0 Å². The third kappa shape index (κ3) is 2.29. The van der Waals surface area contributed by atoms with E-state index in [4.69, 9.17) is 16.3 Å². The number of nitrogens with zero attached hydrogens (tertiary/aromatic N) is 4. The van der Waals surface area contributed by atoms with Crippen molar-refractivity contribution in [1.29, 1.82) is 0 Å². The van der Waals surface area contributed by atoms with Gasteiger partial charge in [0.05, 0.1) is 17.5 Å². The summed E-state index contributed by atoms with van der Waals surface area (Å²) in [6.07, 6.45) is 1.86. The van der Waals surface area contributed by atoms with Crippen LogP contribution in [0.1, 0.15) is 38.6 Å². The highest BCUT2D eigenvalue weighted by Crippen LogP contribution is 2.31. The van der Waals surface area contributed by atoms with Crippen molar-refractivity contribution >= 4 is 11.6 Å². The maximum absolute atomic E-state index is 5.77. The fourth-order valence-corrected chi connectivity index (χ4v) is 2.17. The van der Waals surface area contributed by atoms with Crippen LogP contribution in [-0.4, -0.2) is 32.4 Å². The van der Waals surface area contributed by atoms with E-state index in [9.17, 15) is 0 Å². The smallest absolute Gasteiger partial charge is 0.166 e. The molecule has 1 fully saturated rings. The predicted octanol–water partition coefficient (Wildman–Crippen LogP) is 1.54. The summed E-state index contributed by atoms with van der Waals surface area (Å²) in [4.78, 5) is 0. The number of aromatic nitrogens is 4. The Hall–Kier alpha value is -0.680. The van der Waals surface area contributed by atoms with Crippen molar-refractivity contribution in [3.05, 3.63) is 5.82 Å². The molecule has 6 heteroatoms. The fourth-order valence-electron chi connectivity index (χ4n) is 1.99. The van der Waals surface area contributed by atoms with E-state index in [1.54, 1.807) is 0 Å². The second-order valence-electron chi connectivity index (χ2n) is 4.43. The number of rotatable bonds is 2. The van der Waals surface area contributed by atoms with Crippen LogP contribution in [0, 0.1) is 0 Å². The van der Waals surface area contributed by atoms with Crippen molar-refractivity contribution in [3.8, 4) is 0 Å². The molecule has 0 bridgehead atoms. The quantitative estimate of drug-likeness (QED) is 0.724. The molecule has 15 heavy (non-hydrogen) atoms. The standard InChI is InChI=1S/C9H15ClN4O/c1-9(2)5-7(3-4-15-9)14-8(6-10)11-12-13-14/h7H,3-6H2,1-2H3. The van der Waals surface area contributed by atoms with Gasteiger partial charge in [-0.15, -0.1) is 16.7 Å². The highest BCUT2D eigenvalue weighted by atomic mass is 35.5. The van der Waals surface area contributed by atoms with Crippen LogP contribution < -0.4 is 0 Å². The van der Waals surface area contributed by atoms with Gasteiger partial charge in [-0.25, -0.2) is 4.68 Å². The zero-order valence-electron chi connectivity index (χ0n) is 8.98. The topological polar surface area (TPSA) is 52.8 Å². The molecule has 1 atom stereocenters. The molecule has 0 saturated carbocycles. The molecule has 0 aromatic carbocycles. The SMILES string of the molecule is CC1(C)CC(n2nnnc2CCl)CCO1. The maximum atomic E-state index is 5.77. The summed E-state index contributed by atoms with van der Waals surface area (Å²) in [6, 6.07) is 0.303. The summed E-state index contributed by atoms with van der Waals surface area (Å²) in [5, 5.41) is 11.5. The molecule has 0 spiro atoms. The van der Waals surface area contributed by atoms with Gasteiger partial charge in [0.2, 0.25) is 0 Å². The van der Waals surface area contributed by atoms with Crippen molar-refractivity contribution in [2.45, 2.75) is 44.2 Å². The van der Waals surface area contributed by atoms with Crippen molar-refractivity contribution in [2.24, 2.45) is 0 Å². The molecule has 1 aliphatic heterocycles. The van der Waals surface area contributed by atoms with Crippen LogP contribution in [0.3, 0.4) is 0 Å². The Morgan fingerprint density at radius 1 is 1.60 bits per heavy atom. The average molecular weight is 231 g/mol. The molecule has 0 radical (unpaired) electrons. The first-order valence-corrected chi connectivity index (χ1v) is 5.62. The second kappa shape index (κ2) is 4.06. The largest absolute Gasteiger partial charge is 0.375 e. The number of hydrogen-bond donors (Lipinski definition) is 0. The summed E-state index contributed by atoms with van der Waals surface area (Å²) in [5.74, 6) is 1.09. The zero-order valence-corrected chi connectivity index (χ0v) is 9.74. The van der Waals surface area contributed by atoms with E-state index in [0.29, 0.717) is 11.9 Å². The lowest BCUT2D eigenvalue weighted by molar-refractivity contribution is -0.0713. The van der Waals surface area contributed by atoms with Gasteiger partial charge in [-0.2, -0.15) is 0 Å². The van der Waals surface area contributed by atoms with E-state index < -0.39 is 0 Å². The van der Waals surface area contributed by atoms with Crippen molar-refractivity contribution in [2.75, 3.05) is 6.61 Å². The first-order chi connectivity index (χ1) is 7.12. The minimum absolute atomic E-state index is 0.0988. The normalized spacial score (nSPS) is 25.4. The molecule has 0 N–H and O–H groups in total. The van der Waals surface area contributed by atoms with Gasteiger partial charge in [-0.3, -0.25) is 0 Å². The summed E-state index contributed by atoms with van der Waals surface area (Å²) in [7, 11) is 0. The lowest BCUT2D eigenvalue weighted by atomic mass is 9.94. The minimum Gasteiger partial charge on any atom is -0.375 e. The zero-order chi connectivity index (χ0) is 10.9. The Kier molecular flexibility index (Phi) is 2.93. The molecule has 1 aromatic rings. The van der Waals surface area contributed by atoms with Crippen LogP contribution in [0.5, 0.6) is 0 Å². The van der Waals surface area contributed by atoms with Crippen LogP contribution in [-0.2, 0) is 10.6 Å². The van der Waals surface area contributed by atoms with Gasteiger partial charge in [0, 0.05) is 6.61 Å². The highest BCUT2D eigenvalue weighted by molar-refractivity contribution is 6.16. The minimum atomic E-state index is -0.0988. The number of tetrazole rings is 1. The monoisotopic (exact) mass is 230 g/mol. The Labute approximate surface area is 93.7 Å². The molecule has 1 aromatic heterocycles. The molecule has 1 aliphatic rings. The summed E-state index contributed by atoms with van der Waals surface area (Å²) < 4.78 is 7.48. The van der Waals surface area contributed by atoms with E-state index in [-0.39, 0.29) is 5.60 Å². The fraction of sp³-hybridized carbons (Fsp3) is 0.889. The Bertz CT molecular complexity index is 339. The highest BCUT2D eigenvalue weighted by Gasteiger charge is 2.31. The molecular weight excluding hydrogens is 216 g/mol. The molecule has 84 valence electrons. The second-order valence-corrected chi connectivity index (χ2v) is 4.70. The lowest BCUT2D eigenvalue weighted by Crippen LogP contribution is -2.35. The first kappa shape index (κ1) is 10.8. The summed E-state index contributed by atoms with van der Waals surface area (Å²) in [6.45, 7) is 4.92. The molecule has 2 heterocycles. The Morgan fingerprint density at radius 3 is 3.07 bits per heavy atom. The summed E-state index contributed by atoms with van der Waals surface area (Å²) >= 11 is 5.77. The summed E-state index contributed by atoms with van der Waals surface area (Å²) in [5.41, 5.74) is -0.0988. The van der Waals surface area contributed by atoms with Crippen molar-refractivity contribution < 1.29 is 4.74 Å². The van der Waals surface area contributed by atoms with Crippen LogP contribution in [0.15, 0.2) is 0 Å². The van der Waals surface area contributed by atoms with Gasteiger partial charge >= 0.3 is 0 Å². The van der Waals surface area contributed by atoms with Crippen LogP contribution in [0.2, 0.25) is 0 Å². The molecule has 1 unspecified atom stereocenters. The molecule has 1 saturated heterocycles. The number of alkyl halides is 1. The average Bonchev–Trinajstić information content (AvgIpc) is 2.63. The van der Waals surface area contributed by atoms with Crippen LogP contribution in [0.4, 0.5) is 0 Å². The molecule has 0 amide bonds. The van der Waals surface area contributed by atoms with E-state index in [0.717, 1.165) is 25.3 Å². The lowest BCUT2D eigenvalue weighted by Gasteiger charge is -2.35. The van der Waals surface area contributed by atoms with Crippen LogP contribution in [0.25, 0.3) is 0 Å². The van der Waals surface area contributed by atoms with Gasteiger partial charge < -0.3 is 4.74 Å². The van der Waals surface area contributed by atoms with Gasteiger partial charge in [-0.1, -0.05) is 0 Å². The van der Waals surface area contributed by atoms with Gasteiger partial charge in [0.25, 0.3) is 0 Å². The predicted molar refractivity (Wildman–Crippen MR) is 55.7 cm³/mol. The van der Waals surface area contributed by atoms with E-state index >= 15 is 0 Å². The third-order valence-electron chi connectivity index (χ3n) is 2.70. The number of halogens is 1. The van der Waals surface area contributed by atoms with Crippen molar-refractivity contribution in [3.63, 3.8) is 0 Å². The number of ether oxygens (including phenoxy) is 1. The van der Waals surface area contributed by atoms with Gasteiger partial charge in [0.15, 0.2) is 5.82 Å². The molecule has 0 aliphatic carbocycles. The Balaban J connectivity index is 2.17. The van der Waals surface area contributed by atoms with E-state index in [2.05, 4.69) is 29.4 Å². The number of hydrogen-bond acceptors (Lipinski definition) is 4. The Morgan fingerprint density at radius 2 is 2.40 bits per heavy atom. The molecule has 2 rings (SSSR count). The van der Waals surface area contributed by atoms with E-state index in [1.807, 2.05) is 4.68 Å². The van der Waals surface area contributed by atoms with Gasteiger partial charge in [-0.05, 0) is 37.1 Å². The molecule has 5 nitrogen and oxygen atoms in total. The first-order valence-electron chi connectivity index (χ1n) is 5.09.